The number of benzene rings is 1. The predicted molar refractivity (Wildman–Crippen MR) is 84.5 cm³/mol. The van der Waals surface area contributed by atoms with Crippen molar-refractivity contribution in [1.82, 2.24) is 10.3 Å². The maximum atomic E-state index is 4.02. The summed E-state index contributed by atoms with van der Waals surface area (Å²) in [6.45, 7) is 1.78. The van der Waals surface area contributed by atoms with Crippen molar-refractivity contribution in [3.05, 3.63) is 77.4 Å². The summed E-state index contributed by atoms with van der Waals surface area (Å²) in [5.74, 6) is 0. The first-order chi connectivity index (χ1) is 9.92. The van der Waals surface area contributed by atoms with Gasteiger partial charge in [0, 0.05) is 35.2 Å². The number of rotatable bonds is 5. The predicted octanol–water partition coefficient (Wildman–Crippen LogP) is 4.10. The van der Waals surface area contributed by atoms with Gasteiger partial charge in [-0.1, -0.05) is 30.3 Å². The van der Waals surface area contributed by atoms with Crippen molar-refractivity contribution < 1.29 is 0 Å². The van der Waals surface area contributed by atoms with E-state index >= 15 is 0 Å². The summed E-state index contributed by atoms with van der Waals surface area (Å²) in [6.07, 6.45) is 3.66. The van der Waals surface area contributed by atoms with Gasteiger partial charge in [-0.15, -0.1) is 11.3 Å². The van der Waals surface area contributed by atoms with Gasteiger partial charge in [0.25, 0.3) is 0 Å². The highest BCUT2D eigenvalue weighted by molar-refractivity contribution is 7.15. The van der Waals surface area contributed by atoms with E-state index < -0.39 is 0 Å². The van der Waals surface area contributed by atoms with Gasteiger partial charge < -0.3 is 5.32 Å². The van der Waals surface area contributed by atoms with Crippen LogP contribution in [0.2, 0.25) is 0 Å². The molecule has 2 heterocycles. The van der Waals surface area contributed by atoms with E-state index in [1.165, 1.54) is 20.9 Å². The lowest BCUT2D eigenvalue weighted by Crippen LogP contribution is -2.11. The monoisotopic (exact) mass is 280 g/mol. The minimum atomic E-state index is 0.876. The summed E-state index contributed by atoms with van der Waals surface area (Å²) in [5.41, 5.74) is 2.55. The molecule has 0 amide bonds. The molecule has 100 valence electrons. The Morgan fingerprint density at radius 2 is 1.65 bits per heavy atom. The minimum absolute atomic E-state index is 0.876. The first-order valence-corrected chi connectivity index (χ1v) is 7.47. The molecule has 3 aromatic rings. The van der Waals surface area contributed by atoms with Crippen LogP contribution in [0.4, 0.5) is 0 Å². The molecule has 3 heteroatoms. The number of nitrogens with zero attached hydrogens (tertiary/aromatic N) is 1. The summed E-state index contributed by atoms with van der Waals surface area (Å²) in [7, 11) is 0. The number of aromatic nitrogens is 1. The van der Waals surface area contributed by atoms with Crippen LogP contribution in [-0.4, -0.2) is 4.98 Å². The van der Waals surface area contributed by atoms with Crippen LogP contribution in [0.5, 0.6) is 0 Å². The van der Waals surface area contributed by atoms with Gasteiger partial charge in [-0.3, -0.25) is 4.98 Å². The van der Waals surface area contributed by atoms with Crippen LogP contribution in [0.3, 0.4) is 0 Å². The number of pyridine rings is 1. The Morgan fingerprint density at radius 3 is 2.45 bits per heavy atom. The van der Waals surface area contributed by atoms with E-state index in [1.54, 1.807) is 0 Å². The molecule has 0 fully saturated rings. The van der Waals surface area contributed by atoms with Gasteiger partial charge in [0.15, 0.2) is 0 Å². The summed E-state index contributed by atoms with van der Waals surface area (Å²) < 4.78 is 0. The fourth-order valence-electron chi connectivity index (χ4n) is 2.06. The van der Waals surface area contributed by atoms with E-state index in [0.717, 1.165) is 13.1 Å². The molecule has 20 heavy (non-hydrogen) atoms. The SMILES string of the molecule is c1ccc(-c2ccc(CNCc3ccncc3)s2)cc1. The number of hydrogen-bond acceptors (Lipinski definition) is 3. The molecule has 0 spiro atoms. The van der Waals surface area contributed by atoms with Crippen LogP contribution in [0.1, 0.15) is 10.4 Å². The highest BCUT2D eigenvalue weighted by Gasteiger charge is 2.02. The van der Waals surface area contributed by atoms with E-state index in [9.17, 15) is 0 Å². The van der Waals surface area contributed by atoms with E-state index in [4.69, 9.17) is 0 Å². The summed E-state index contributed by atoms with van der Waals surface area (Å²) in [4.78, 5) is 6.71. The Kier molecular flexibility index (Phi) is 4.21. The molecule has 0 saturated heterocycles. The average molecular weight is 280 g/mol. The molecule has 0 radical (unpaired) electrons. The Bertz CT molecular complexity index is 647. The van der Waals surface area contributed by atoms with Crippen LogP contribution in [0.25, 0.3) is 10.4 Å². The summed E-state index contributed by atoms with van der Waals surface area (Å²) in [5, 5.41) is 3.47. The third kappa shape index (κ3) is 3.32. The Morgan fingerprint density at radius 1 is 0.850 bits per heavy atom. The van der Waals surface area contributed by atoms with Gasteiger partial charge in [0.05, 0.1) is 0 Å². The van der Waals surface area contributed by atoms with Gasteiger partial charge in [-0.05, 0) is 35.4 Å². The molecular formula is C17H16N2S. The first-order valence-electron chi connectivity index (χ1n) is 6.65. The van der Waals surface area contributed by atoms with Gasteiger partial charge >= 0.3 is 0 Å². The van der Waals surface area contributed by atoms with Crippen LogP contribution < -0.4 is 5.32 Å². The van der Waals surface area contributed by atoms with E-state index in [2.05, 4.69) is 46.7 Å². The van der Waals surface area contributed by atoms with Crippen molar-refractivity contribution in [3.8, 4) is 10.4 Å². The third-order valence-corrected chi connectivity index (χ3v) is 4.23. The highest BCUT2D eigenvalue weighted by Crippen LogP contribution is 2.27. The number of thiophene rings is 1. The molecule has 1 N–H and O–H groups in total. The second-order valence-corrected chi connectivity index (χ2v) is 5.76. The molecule has 0 aliphatic rings. The Hall–Kier alpha value is -1.97. The molecule has 1 aromatic carbocycles. The van der Waals surface area contributed by atoms with Crippen molar-refractivity contribution in [3.63, 3.8) is 0 Å². The van der Waals surface area contributed by atoms with Gasteiger partial charge in [0.1, 0.15) is 0 Å². The smallest absolute Gasteiger partial charge is 0.0346 e. The normalized spacial score (nSPS) is 10.6. The molecule has 3 rings (SSSR count). The molecule has 2 aromatic heterocycles. The lowest BCUT2D eigenvalue weighted by molar-refractivity contribution is 0.700. The fourth-order valence-corrected chi connectivity index (χ4v) is 3.04. The maximum absolute atomic E-state index is 4.02. The van der Waals surface area contributed by atoms with Gasteiger partial charge in [0.2, 0.25) is 0 Å². The van der Waals surface area contributed by atoms with E-state index in [0.29, 0.717) is 0 Å². The Balaban J connectivity index is 1.58. The summed E-state index contributed by atoms with van der Waals surface area (Å²) >= 11 is 1.85. The molecule has 0 unspecified atom stereocenters. The zero-order valence-electron chi connectivity index (χ0n) is 11.1. The van der Waals surface area contributed by atoms with Crippen molar-refractivity contribution in [2.24, 2.45) is 0 Å². The molecule has 0 atom stereocenters. The van der Waals surface area contributed by atoms with E-state index in [1.807, 2.05) is 41.9 Å². The van der Waals surface area contributed by atoms with Crippen LogP contribution in [-0.2, 0) is 13.1 Å². The topological polar surface area (TPSA) is 24.9 Å². The van der Waals surface area contributed by atoms with Crippen LogP contribution >= 0.6 is 11.3 Å². The van der Waals surface area contributed by atoms with Crippen LogP contribution in [0, 0.1) is 0 Å². The number of hydrogen-bond donors (Lipinski definition) is 1. The molecule has 2 nitrogen and oxygen atoms in total. The second kappa shape index (κ2) is 6.46. The largest absolute Gasteiger partial charge is 0.308 e. The zero-order chi connectivity index (χ0) is 13.6. The van der Waals surface area contributed by atoms with Crippen molar-refractivity contribution in [2.75, 3.05) is 0 Å². The van der Waals surface area contributed by atoms with Crippen molar-refractivity contribution in [1.29, 1.82) is 0 Å². The first kappa shape index (κ1) is 13.0. The quantitative estimate of drug-likeness (QED) is 0.761. The van der Waals surface area contributed by atoms with Crippen molar-refractivity contribution in [2.45, 2.75) is 13.1 Å². The van der Waals surface area contributed by atoms with E-state index in [-0.39, 0.29) is 0 Å². The minimum Gasteiger partial charge on any atom is -0.308 e. The lowest BCUT2D eigenvalue weighted by Gasteiger charge is -2.02. The van der Waals surface area contributed by atoms with Crippen molar-refractivity contribution >= 4 is 11.3 Å². The maximum Gasteiger partial charge on any atom is 0.0346 e. The molecule has 0 aliphatic carbocycles. The number of nitrogens with one attached hydrogen (secondary N) is 1. The highest BCUT2D eigenvalue weighted by atomic mass is 32.1. The molecule has 0 aliphatic heterocycles. The van der Waals surface area contributed by atoms with Gasteiger partial charge in [-0.25, -0.2) is 0 Å². The fraction of sp³-hybridized carbons (Fsp3) is 0.118. The molecular weight excluding hydrogens is 264 g/mol. The lowest BCUT2D eigenvalue weighted by atomic mass is 10.2. The van der Waals surface area contributed by atoms with Gasteiger partial charge in [-0.2, -0.15) is 0 Å². The second-order valence-electron chi connectivity index (χ2n) is 4.59. The van der Waals surface area contributed by atoms with Crippen LogP contribution in [0.15, 0.2) is 67.0 Å². The standard InChI is InChI=1S/C17H16N2S/c1-2-4-15(5-3-1)17-7-6-16(20-17)13-19-12-14-8-10-18-11-9-14/h1-11,19H,12-13H2. The average Bonchev–Trinajstić information content (AvgIpc) is 2.98. The third-order valence-electron chi connectivity index (χ3n) is 3.10. The Labute approximate surface area is 123 Å². The zero-order valence-corrected chi connectivity index (χ0v) is 11.9. The molecule has 0 bridgehead atoms. The summed E-state index contributed by atoms with van der Waals surface area (Å²) in [6, 6.07) is 19.0. The molecule has 0 saturated carbocycles.